The van der Waals surface area contributed by atoms with Gasteiger partial charge in [-0.3, -0.25) is 9.59 Å². The van der Waals surface area contributed by atoms with Crippen molar-refractivity contribution in [1.82, 2.24) is 0 Å². The van der Waals surface area contributed by atoms with E-state index < -0.39 is 24.3 Å². The molecule has 0 aliphatic carbocycles. The first-order chi connectivity index (χ1) is 37.6. The molecule has 0 bridgehead atoms. The van der Waals surface area contributed by atoms with Crippen LogP contribution in [0.2, 0.25) is 0 Å². The monoisotopic (exact) mass is 1080 g/mol. The Kier molecular flexibility index (Phi) is 55.9. The van der Waals surface area contributed by atoms with E-state index in [4.69, 9.17) is 18.9 Å². The third-order valence-electron chi connectivity index (χ3n) is 13.6. The van der Waals surface area contributed by atoms with E-state index in [0.717, 1.165) is 77.0 Å². The summed E-state index contributed by atoms with van der Waals surface area (Å²) in [5, 5.41) is 9.71. The summed E-state index contributed by atoms with van der Waals surface area (Å²) < 4.78 is 22.9. The van der Waals surface area contributed by atoms with Gasteiger partial charge in [0.1, 0.15) is 13.2 Å². The molecule has 0 heterocycles. The van der Waals surface area contributed by atoms with E-state index in [2.05, 4.69) is 98.9 Å². The number of aliphatic carboxylic acids is 1. The predicted molar refractivity (Wildman–Crippen MR) is 327 cm³/mol. The van der Waals surface area contributed by atoms with Gasteiger partial charge in [-0.1, -0.05) is 253 Å². The van der Waals surface area contributed by atoms with E-state index in [1.807, 2.05) is 21.1 Å². The van der Waals surface area contributed by atoms with Gasteiger partial charge in [-0.25, -0.2) is 4.79 Å². The van der Waals surface area contributed by atoms with Crippen LogP contribution in [0.1, 0.15) is 271 Å². The van der Waals surface area contributed by atoms with E-state index in [1.165, 1.54) is 167 Å². The van der Waals surface area contributed by atoms with Crippen molar-refractivity contribution in [3.05, 3.63) is 85.1 Å². The zero-order chi connectivity index (χ0) is 56.2. The lowest BCUT2D eigenvalue weighted by Crippen LogP contribution is -2.40. The van der Waals surface area contributed by atoms with Crippen LogP contribution in [0.4, 0.5) is 0 Å². The van der Waals surface area contributed by atoms with Crippen LogP contribution in [0.3, 0.4) is 0 Å². The molecule has 444 valence electrons. The Labute approximate surface area is 474 Å². The summed E-state index contributed by atoms with van der Waals surface area (Å²) in [6.07, 6.45) is 75.3. The highest BCUT2D eigenvalue weighted by Gasteiger charge is 2.25. The second-order valence-electron chi connectivity index (χ2n) is 22.3. The Hall–Kier alpha value is -3.53. The maximum absolute atomic E-state index is 12.9. The van der Waals surface area contributed by atoms with E-state index in [0.29, 0.717) is 17.4 Å². The molecule has 0 aromatic carbocycles. The molecule has 0 rings (SSSR count). The smallest absolute Gasteiger partial charge is 0.361 e. The lowest BCUT2D eigenvalue weighted by atomic mass is 10.0. The Morgan fingerprint density at radius 2 is 0.740 bits per heavy atom. The number of carbonyl (C=O) groups is 3. The Morgan fingerprint density at radius 1 is 0.403 bits per heavy atom. The minimum atomic E-state index is -1.51. The highest BCUT2D eigenvalue weighted by Crippen LogP contribution is 2.17. The number of allylic oxidation sites excluding steroid dienone is 14. The molecule has 0 radical (unpaired) electrons. The fourth-order valence-electron chi connectivity index (χ4n) is 8.78. The highest BCUT2D eigenvalue weighted by atomic mass is 16.7. The fourth-order valence-corrected chi connectivity index (χ4v) is 8.78. The van der Waals surface area contributed by atoms with Crippen LogP contribution >= 0.6 is 0 Å². The van der Waals surface area contributed by atoms with Gasteiger partial charge in [0, 0.05) is 12.8 Å². The summed E-state index contributed by atoms with van der Waals surface area (Å²) in [6.45, 7) is 4.77. The maximum Gasteiger partial charge on any atom is 0.361 e. The molecular formula is C68H120NO8+. The van der Waals surface area contributed by atoms with Crippen molar-refractivity contribution >= 4 is 17.9 Å². The number of esters is 2. The number of carboxylic acids is 1. The highest BCUT2D eigenvalue weighted by molar-refractivity contribution is 5.71. The van der Waals surface area contributed by atoms with Gasteiger partial charge in [0.25, 0.3) is 6.29 Å². The molecule has 2 unspecified atom stereocenters. The van der Waals surface area contributed by atoms with E-state index >= 15 is 0 Å². The Morgan fingerprint density at radius 3 is 1.12 bits per heavy atom. The molecule has 77 heavy (non-hydrogen) atoms. The summed E-state index contributed by atoms with van der Waals surface area (Å²) in [6, 6.07) is 0. The van der Waals surface area contributed by atoms with Crippen molar-refractivity contribution in [2.45, 2.75) is 283 Å². The van der Waals surface area contributed by atoms with Crippen LogP contribution in [-0.4, -0.2) is 87.4 Å². The standard InChI is InChI=1S/C68H119NO8/c1-6-8-10-12-14-16-18-20-22-24-25-26-27-28-29-30-31-32-33-34-35-36-37-38-39-40-41-43-45-47-49-51-53-55-57-59-66(71)77-64(63-76-68(67(72)73)74-61-60-69(3,4)5)62-75-65(70)58-56-54-52-50-48-46-44-42-23-21-19-17-15-13-11-9-7-2/h8,10,14,16,20-23,25-26,28-29,31-32,64,68H,6-7,9,11-13,15,17-19,24,27,30,33-63H2,1-5H3/p+1/b10-8-,16-14-,22-20-,23-21-,26-25-,29-28-,32-31-. The molecule has 0 aliphatic rings. The molecule has 9 heteroatoms. The van der Waals surface area contributed by atoms with Crippen molar-refractivity contribution in [3.63, 3.8) is 0 Å². The molecule has 0 fully saturated rings. The molecular weight excluding hydrogens is 959 g/mol. The van der Waals surface area contributed by atoms with Crippen molar-refractivity contribution in [2.24, 2.45) is 0 Å². The van der Waals surface area contributed by atoms with Crippen LogP contribution in [0.25, 0.3) is 0 Å². The molecule has 0 amide bonds. The number of nitrogens with zero attached hydrogens (tertiary/aromatic N) is 1. The molecule has 9 nitrogen and oxygen atoms in total. The van der Waals surface area contributed by atoms with Gasteiger partial charge in [0.05, 0.1) is 34.4 Å². The third kappa shape index (κ3) is 60.0. The number of carboxylic acid groups (broad SMARTS) is 1. The molecule has 0 aromatic heterocycles. The lowest BCUT2D eigenvalue weighted by Gasteiger charge is -2.25. The first-order valence-electron chi connectivity index (χ1n) is 31.8. The summed E-state index contributed by atoms with van der Waals surface area (Å²) in [7, 11) is 5.97. The normalized spacial score (nSPS) is 13.3. The predicted octanol–water partition coefficient (Wildman–Crippen LogP) is 19.1. The van der Waals surface area contributed by atoms with Gasteiger partial charge < -0.3 is 28.5 Å². The van der Waals surface area contributed by atoms with Gasteiger partial charge in [-0.2, -0.15) is 0 Å². The van der Waals surface area contributed by atoms with Crippen LogP contribution in [0, 0.1) is 0 Å². The van der Waals surface area contributed by atoms with Crippen molar-refractivity contribution in [1.29, 1.82) is 0 Å². The molecule has 0 spiro atoms. The molecule has 1 N–H and O–H groups in total. The number of hydrogen-bond donors (Lipinski definition) is 1. The Balaban J connectivity index is 4.11. The summed E-state index contributed by atoms with van der Waals surface area (Å²) in [5.74, 6) is -2.00. The topological polar surface area (TPSA) is 108 Å². The van der Waals surface area contributed by atoms with Crippen LogP contribution in [0.15, 0.2) is 85.1 Å². The maximum atomic E-state index is 12.9. The number of carbonyl (C=O) groups excluding carboxylic acids is 2. The average molecular weight is 1080 g/mol. The minimum Gasteiger partial charge on any atom is -0.477 e. The minimum absolute atomic E-state index is 0.184. The molecule has 0 aromatic rings. The number of quaternary nitrogens is 1. The van der Waals surface area contributed by atoms with Gasteiger partial charge in [0.15, 0.2) is 6.10 Å². The summed E-state index contributed by atoms with van der Waals surface area (Å²) in [5.41, 5.74) is 0. The average Bonchev–Trinajstić information content (AvgIpc) is 3.40. The fraction of sp³-hybridized carbons (Fsp3) is 0.750. The van der Waals surface area contributed by atoms with E-state index in [1.54, 1.807) is 0 Å². The Bertz CT molecular complexity index is 1540. The number of ether oxygens (including phenoxy) is 4. The van der Waals surface area contributed by atoms with Gasteiger partial charge >= 0.3 is 17.9 Å². The van der Waals surface area contributed by atoms with Crippen LogP contribution in [0.5, 0.6) is 0 Å². The van der Waals surface area contributed by atoms with Crippen LogP contribution < -0.4 is 0 Å². The van der Waals surface area contributed by atoms with Crippen molar-refractivity contribution in [3.8, 4) is 0 Å². The molecule has 0 aliphatic heterocycles. The lowest BCUT2D eigenvalue weighted by molar-refractivity contribution is -0.870. The second-order valence-corrected chi connectivity index (χ2v) is 22.3. The number of hydrogen-bond acceptors (Lipinski definition) is 7. The van der Waals surface area contributed by atoms with E-state index in [-0.39, 0.29) is 32.2 Å². The number of rotatable bonds is 58. The molecule has 2 atom stereocenters. The first kappa shape index (κ1) is 73.5. The SMILES string of the molecule is CC/C=C\C/C=C\C/C=C\C/C=C\C/C=C\C/C=C\CCCCCCCCCCCCCCCCCCC(=O)OC(COC(=O)CCCCCCCCC/C=C\CCCCCCCC)COC(OCC[N+](C)(C)C)C(=O)O. The van der Waals surface area contributed by atoms with E-state index in [9.17, 15) is 19.5 Å². The largest absolute Gasteiger partial charge is 0.477 e. The summed E-state index contributed by atoms with van der Waals surface area (Å²) >= 11 is 0. The third-order valence-corrected chi connectivity index (χ3v) is 13.6. The van der Waals surface area contributed by atoms with Crippen molar-refractivity contribution < 1.29 is 42.9 Å². The number of likely N-dealkylation sites (N-methyl/N-ethyl adjacent to an activating group) is 1. The van der Waals surface area contributed by atoms with Crippen LogP contribution in [-0.2, 0) is 33.3 Å². The first-order valence-corrected chi connectivity index (χ1v) is 31.8. The zero-order valence-electron chi connectivity index (χ0n) is 50.6. The van der Waals surface area contributed by atoms with Gasteiger partial charge in [0.2, 0.25) is 0 Å². The summed E-state index contributed by atoms with van der Waals surface area (Å²) in [4.78, 5) is 37.5. The zero-order valence-corrected chi connectivity index (χ0v) is 50.6. The molecule has 0 saturated carbocycles. The second kappa shape index (κ2) is 58.6. The quantitative estimate of drug-likeness (QED) is 0.0211. The number of unbranched alkanes of at least 4 members (excludes halogenated alkanes) is 29. The van der Waals surface area contributed by atoms with Crippen molar-refractivity contribution in [2.75, 3.05) is 47.5 Å². The van der Waals surface area contributed by atoms with Gasteiger partial charge in [-0.05, 0) is 89.9 Å². The molecule has 0 saturated heterocycles. The van der Waals surface area contributed by atoms with Gasteiger partial charge in [-0.15, -0.1) is 0 Å².